The molecule has 0 heterocycles. The van der Waals surface area contributed by atoms with Gasteiger partial charge in [-0.2, -0.15) is 0 Å². The van der Waals surface area contributed by atoms with Crippen molar-refractivity contribution in [1.82, 2.24) is 0 Å². The second kappa shape index (κ2) is 10.5. The number of carbonyl (C=O) groups is 2. The quantitative estimate of drug-likeness (QED) is 0.685. The summed E-state index contributed by atoms with van der Waals surface area (Å²) in [6.45, 7) is 11.3. The first-order valence-corrected chi connectivity index (χ1v) is 10.0. The Balaban J connectivity index is 2.13. The maximum absolute atomic E-state index is 12.6. The molecule has 0 fully saturated rings. The molecule has 2 aromatic rings. The van der Waals surface area contributed by atoms with E-state index >= 15 is 0 Å². The first-order chi connectivity index (χ1) is 13.8. The lowest BCUT2D eigenvalue weighted by Gasteiger charge is -2.24. The van der Waals surface area contributed by atoms with Crippen LogP contribution in [0.25, 0.3) is 0 Å². The van der Waals surface area contributed by atoms with Gasteiger partial charge in [-0.3, -0.25) is 9.59 Å². The van der Waals surface area contributed by atoms with Crippen LogP contribution in [-0.2, 0) is 9.59 Å². The molecule has 0 aromatic heterocycles. The zero-order valence-electron chi connectivity index (χ0n) is 17.9. The third-order valence-electron chi connectivity index (χ3n) is 4.50. The van der Waals surface area contributed by atoms with Crippen LogP contribution in [-0.4, -0.2) is 37.6 Å². The van der Waals surface area contributed by atoms with E-state index in [2.05, 4.69) is 24.1 Å². The van der Waals surface area contributed by atoms with E-state index in [0.717, 1.165) is 18.8 Å². The summed E-state index contributed by atoms with van der Waals surface area (Å²) in [5.41, 5.74) is 2.37. The third-order valence-corrected chi connectivity index (χ3v) is 4.50. The Labute approximate surface area is 173 Å². The van der Waals surface area contributed by atoms with Gasteiger partial charge in [-0.15, -0.1) is 0 Å². The van der Waals surface area contributed by atoms with E-state index in [4.69, 9.17) is 4.74 Å². The molecule has 0 unspecified atom stereocenters. The Hall–Kier alpha value is -3.02. The molecule has 0 radical (unpaired) electrons. The Morgan fingerprint density at radius 2 is 1.55 bits per heavy atom. The molecule has 0 aliphatic heterocycles. The van der Waals surface area contributed by atoms with E-state index in [1.807, 2.05) is 56.3 Å². The summed E-state index contributed by atoms with van der Waals surface area (Å²) in [4.78, 5) is 28.5. The van der Waals surface area contributed by atoms with Gasteiger partial charge in [0.05, 0.1) is 11.8 Å². The maximum Gasteiger partial charge on any atom is 0.244 e. The minimum Gasteiger partial charge on any atom is -0.489 e. The molecule has 0 atom stereocenters. The molecule has 0 bridgehead atoms. The number of carbonyl (C=O) groups excluding carboxylic acids is 2. The van der Waals surface area contributed by atoms with Crippen molar-refractivity contribution < 1.29 is 14.3 Å². The molecule has 0 saturated heterocycles. The molecule has 0 aliphatic rings. The fourth-order valence-electron chi connectivity index (χ4n) is 3.08. The van der Waals surface area contributed by atoms with Crippen LogP contribution in [0, 0.1) is 0 Å². The van der Waals surface area contributed by atoms with Crippen LogP contribution >= 0.6 is 0 Å². The molecule has 29 heavy (non-hydrogen) atoms. The first kappa shape index (κ1) is 22.3. The van der Waals surface area contributed by atoms with E-state index < -0.39 is 0 Å². The zero-order valence-corrected chi connectivity index (χ0v) is 17.9. The van der Waals surface area contributed by atoms with Gasteiger partial charge in [0.1, 0.15) is 12.3 Å². The fourth-order valence-corrected chi connectivity index (χ4v) is 3.08. The number of hydrogen-bond acceptors (Lipinski definition) is 4. The summed E-state index contributed by atoms with van der Waals surface area (Å²) in [5.74, 6) is 0.129. The van der Waals surface area contributed by atoms with Crippen LogP contribution in [0.5, 0.6) is 5.75 Å². The number of hydrogen-bond donors (Lipinski definition) is 1. The normalized spacial score (nSPS) is 10.6. The highest BCUT2D eigenvalue weighted by Crippen LogP contribution is 2.25. The van der Waals surface area contributed by atoms with Gasteiger partial charge in [0.25, 0.3) is 0 Å². The Bertz CT molecular complexity index is 814. The first-order valence-electron chi connectivity index (χ1n) is 10.0. The van der Waals surface area contributed by atoms with Crippen LogP contribution in [0.2, 0.25) is 0 Å². The van der Waals surface area contributed by atoms with E-state index in [9.17, 15) is 9.59 Å². The molecule has 1 N–H and O–H groups in total. The highest BCUT2D eigenvalue weighted by Gasteiger charge is 2.17. The molecular formula is C23H31N3O3. The largest absolute Gasteiger partial charge is 0.489 e. The minimum absolute atomic E-state index is 0.00825. The number of ether oxygens (including phenoxy) is 1. The van der Waals surface area contributed by atoms with Crippen molar-refractivity contribution in [2.24, 2.45) is 0 Å². The van der Waals surface area contributed by atoms with Gasteiger partial charge >= 0.3 is 0 Å². The number of anilines is 3. The Morgan fingerprint density at radius 1 is 0.966 bits per heavy atom. The average Bonchev–Trinajstić information content (AvgIpc) is 2.69. The van der Waals surface area contributed by atoms with E-state index in [1.165, 1.54) is 11.8 Å². The van der Waals surface area contributed by atoms with Gasteiger partial charge in [-0.1, -0.05) is 12.1 Å². The van der Waals surface area contributed by atoms with Crippen LogP contribution in [0.4, 0.5) is 17.1 Å². The number of nitrogens with zero attached hydrogens (tertiary/aromatic N) is 2. The van der Waals surface area contributed by atoms with Crippen molar-refractivity contribution in [2.75, 3.05) is 34.8 Å². The van der Waals surface area contributed by atoms with Gasteiger partial charge in [0, 0.05) is 31.4 Å². The van der Waals surface area contributed by atoms with Crippen LogP contribution in [0.15, 0.2) is 48.5 Å². The number of rotatable bonds is 9. The summed E-state index contributed by atoms with van der Waals surface area (Å²) in [6.07, 6.45) is -0.00825. The van der Waals surface area contributed by atoms with Crippen LogP contribution < -0.4 is 19.9 Å². The summed E-state index contributed by atoms with van der Waals surface area (Å²) >= 11 is 0. The van der Waals surface area contributed by atoms with Gasteiger partial charge < -0.3 is 19.9 Å². The van der Waals surface area contributed by atoms with Gasteiger partial charge in [-0.25, -0.2) is 0 Å². The summed E-state index contributed by atoms with van der Waals surface area (Å²) in [5, 5.41) is 2.85. The molecule has 6 nitrogen and oxygen atoms in total. The SMILES string of the molecule is CCN(CC)c1ccc(N(CC(=O)Nc2ccccc2OC(C)C)C(C)=O)cc1. The smallest absolute Gasteiger partial charge is 0.244 e. The molecule has 156 valence electrons. The topological polar surface area (TPSA) is 61.9 Å². The fraction of sp³-hybridized carbons (Fsp3) is 0.391. The molecule has 0 saturated carbocycles. The van der Waals surface area contributed by atoms with Crippen molar-refractivity contribution in [3.63, 3.8) is 0 Å². The molecule has 6 heteroatoms. The molecule has 2 amide bonds. The Kier molecular flexibility index (Phi) is 8.07. The number of benzene rings is 2. The summed E-state index contributed by atoms with van der Waals surface area (Å²) in [7, 11) is 0. The maximum atomic E-state index is 12.6. The highest BCUT2D eigenvalue weighted by molar-refractivity contribution is 6.02. The monoisotopic (exact) mass is 397 g/mol. The average molecular weight is 398 g/mol. The number of nitrogens with one attached hydrogen (secondary N) is 1. The van der Waals surface area contributed by atoms with Crippen molar-refractivity contribution in [3.8, 4) is 5.75 Å². The number of para-hydroxylation sites is 2. The summed E-state index contributed by atoms with van der Waals surface area (Å²) < 4.78 is 5.74. The second-order valence-electron chi connectivity index (χ2n) is 7.00. The standard InChI is InChI=1S/C23H31N3O3/c1-6-25(7-2)19-12-14-20(15-13-19)26(18(5)27)16-23(28)24-21-10-8-9-11-22(21)29-17(3)4/h8-15,17H,6-7,16H2,1-5H3,(H,24,28). The van der Waals surface area contributed by atoms with Crippen LogP contribution in [0.1, 0.15) is 34.6 Å². The molecule has 0 spiro atoms. The summed E-state index contributed by atoms with van der Waals surface area (Å²) in [6, 6.07) is 15.0. The molecule has 2 rings (SSSR count). The lowest BCUT2D eigenvalue weighted by molar-refractivity contribution is -0.120. The zero-order chi connectivity index (χ0) is 21.4. The second-order valence-corrected chi connectivity index (χ2v) is 7.00. The predicted octanol–water partition coefficient (Wildman–Crippen LogP) is 4.31. The lowest BCUT2D eigenvalue weighted by atomic mass is 10.2. The molecule has 2 aromatic carbocycles. The number of amides is 2. The highest BCUT2D eigenvalue weighted by atomic mass is 16.5. The Morgan fingerprint density at radius 3 is 2.10 bits per heavy atom. The molecule has 0 aliphatic carbocycles. The van der Waals surface area contributed by atoms with Crippen molar-refractivity contribution in [3.05, 3.63) is 48.5 Å². The van der Waals surface area contributed by atoms with E-state index in [1.54, 1.807) is 6.07 Å². The van der Waals surface area contributed by atoms with Crippen molar-refractivity contribution in [2.45, 2.75) is 40.7 Å². The van der Waals surface area contributed by atoms with Crippen molar-refractivity contribution in [1.29, 1.82) is 0 Å². The predicted molar refractivity (Wildman–Crippen MR) is 119 cm³/mol. The lowest BCUT2D eigenvalue weighted by Crippen LogP contribution is -2.36. The van der Waals surface area contributed by atoms with E-state index in [0.29, 0.717) is 17.1 Å². The van der Waals surface area contributed by atoms with Crippen LogP contribution in [0.3, 0.4) is 0 Å². The van der Waals surface area contributed by atoms with Crippen molar-refractivity contribution >= 4 is 28.9 Å². The third kappa shape index (κ3) is 6.24. The molecular weight excluding hydrogens is 366 g/mol. The van der Waals surface area contributed by atoms with Gasteiger partial charge in [-0.05, 0) is 64.1 Å². The van der Waals surface area contributed by atoms with E-state index in [-0.39, 0.29) is 24.5 Å². The van der Waals surface area contributed by atoms with Gasteiger partial charge in [0.15, 0.2) is 0 Å². The van der Waals surface area contributed by atoms with Gasteiger partial charge in [0.2, 0.25) is 11.8 Å². The minimum atomic E-state index is -0.284.